The van der Waals surface area contributed by atoms with Gasteiger partial charge in [-0.1, -0.05) is 0 Å². The highest BCUT2D eigenvalue weighted by Crippen LogP contribution is 2.11. The summed E-state index contributed by atoms with van der Waals surface area (Å²) in [6, 6.07) is 5.29. The Morgan fingerprint density at radius 1 is 1.05 bits per heavy atom. The van der Waals surface area contributed by atoms with Gasteiger partial charge in [0.2, 0.25) is 5.91 Å². The molecule has 0 bridgehead atoms. The number of likely N-dealkylation sites (tertiary alicyclic amines) is 1. The van der Waals surface area contributed by atoms with Crippen molar-refractivity contribution in [3.05, 3.63) is 35.6 Å². The van der Waals surface area contributed by atoms with Crippen LogP contribution < -0.4 is 0 Å². The van der Waals surface area contributed by atoms with Gasteiger partial charge >= 0.3 is 0 Å². The molecule has 0 unspecified atom stereocenters. The van der Waals surface area contributed by atoms with Gasteiger partial charge in [-0.3, -0.25) is 14.4 Å². The second-order valence-electron chi connectivity index (χ2n) is 4.85. The Morgan fingerprint density at radius 2 is 1.65 bits per heavy atom. The Morgan fingerprint density at radius 3 is 2.25 bits per heavy atom. The molecule has 0 aromatic heterocycles. The summed E-state index contributed by atoms with van der Waals surface area (Å²) < 4.78 is 12.7. The fourth-order valence-corrected chi connectivity index (χ4v) is 2.16. The highest BCUT2D eigenvalue weighted by molar-refractivity contribution is 5.98. The molecular formula is C15H16FNO3. The molecule has 2 rings (SSSR count). The standard InChI is InChI=1S/C15H16FNO3/c16-12-3-1-11(2-4-12)14(19)5-6-15(20)17-9-7-13(18)8-10-17/h1-4H,5-10H2. The van der Waals surface area contributed by atoms with Crippen LogP contribution in [-0.4, -0.2) is 35.5 Å². The highest BCUT2D eigenvalue weighted by Gasteiger charge is 2.21. The van der Waals surface area contributed by atoms with Crippen LogP contribution in [0.1, 0.15) is 36.0 Å². The zero-order valence-electron chi connectivity index (χ0n) is 11.1. The fraction of sp³-hybridized carbons (Fsp3) is 0.400. The van der Waals surface area contributed by atoms with Crippen molar-refractivity contribution in [3.8, 4) is 0 Å². The van der Waals surface area contributed by atoms with Crippen LogP contribution in [0.5, 0.6) is 0 Å². The lowest BCUT2D eigenvalue weighted by molar-refractivity contribution is -0.134. The van der Waals surface area contributed by atoms with Crippen LogP contribution in [-0.2, 0) is 9.59 Å². The molecule has 0 saturated carbocycles. The maximum Gasteiger partial charge on any atom is 0.223 e. The van der Waals surface area contributed by atoms with Gasteiger partial charge in [0.1, 0.15) is 11.6 Å². The first kappa shape index (κ1) is 14.4. The first-order valence-corrected chi connectivity index (χ1v) is 6.64. The molecule has 0 spiro atoms. The number of amides is 1. The number of hydrogen-bond donors (Lipinski definition) is 0. The average molecular weight is 277 g/mol. The summed E-state index contributed by atoms with van der Waals surface area (Å²) in [4.78, 5) is 36.5. The average Bonchev–Trinajstić information content (AvgIpc) is 2.46. The quantitative estimate of drug-likeness (QED) is 0.791. The summed E-state index contributed by atoms with van der Waals surface area (Å²) in [5, 5.41) is 0. The molecule has 0 N–H and O–H groups in total. The first-order chi connectivity index (χ1) is 9.56. The van der Waals surface area contributed by atoms with E-state index in [-0.39, 0.29) is 30.3 Å². The van der Waals surface area contributed by atoms with Crippen LogP contribution in [0.15, 0.2) is 24.3 Å². The monoisotopic (exact) mass is 277 g/mol. The molecule has 1 aromatic rings. The number of carbonyl (C=O) groups excluding carboxylic acids is 3. The van der Waals surface area contributed by atoms with Crippen LogP contribution in [0.3, 0.4) is 0 Å². The summed E-state index contributed by atoms with van der Waals surface area (Å²) in [6.07, 6.45) is 1.04. The number of nitrogens with zero attached hydrogens (tertiary/aromatic N) is 1. The van der Waals surface area contributed by atoms with Crippen LogP contribution in [0.2, 0.25) is 0 Å². The maximum atomic E-state index is 12.7. The molecule has 1 saturated heterocycles. The molecule has 0 aliphatic carbocycles. The lowest BCUT2D eigenvalue weighted by Gasteiger charge is -2.25. The van der Waals surface area contributed by atoms with E-state index in [0.717, 1.165) is 0 Å². The smallest absolute Gasteiger partial charge is 0.223 e. The van der Waals surface area contributed by atoms with Crippen molar-refractivity contribution in [1.29, 1.82) is 0 Å². The largest absolute Gasteiger partial charge is 0.342 e. The summed E-state index contributed by atoms with van der Waals surface area (Å²) in [5.74, 6) is -0.494. The predicted octanol–water partition coefficient (Wildman–Crippen LogP) is 1.98. The fourth-order valence-electron chi connectivity index (χ4n) is 2.16. The van der Waals surface area contributed by atoms with Gasteiger partial charge < -0.3 is 4.90 Å². The summed E-state index contributed by atoms with van der Waals surface area (Å²) in [7, 11) is 0. The van der Waals surface area contributed by atoms with Crippen molar-refractivity contribution >= 4 is 17.5 Å². The van der Waals surface area contributed by atoms with Crippen LogP contribution in [0.25, 0.3) is 0 Å². The molecule has 1 aliphatic rings. The molecule has 1 aliphatic heterocycles. The lowest BCUT2D eigenvalue weighted by Crippen LogP contribution is -2.38. The molecule has 20 heavy (non-hydrogen) atoms. The summed E-state index contributed by atoms with van der Waals surface area (Å²) >= 11 is 0. The lowest BCUT2D eigenvalue weighted by atomic mass is 10.0. The molecule has 1 fully saturated rings. The minimum Gasteiger partial charge on any atom is -0.342 e. The number of Topliss-reactive ketones (excluding diaryl/α,β-unsaturated/α-hetero) is 2. The van der Waals surface area contributed by atoms with Crippen molar-refractivity contribution in [2.45, 2.75) is 25.7 Å². The zero-order valence-corrected chi connectivity index (χ0v) is 11.1. The van der Waals surface area contributed by atoms with Crippen LogP contribution >= 0.6 is 0 Å². The summed E-state index contributed by atoms with van der Waals surface area (Å²) in [5.41, 5.74) is 0.410. The van der Waals surface area contributed by atoms with Gasteiger partial charge in [-0.05, 0) is 24.3 Å². The zero-order chi connectivity index (χ0) is 14.5. The third-order valence-electron chi connectivity index (χ3n) is 3.41. The number of rotatable bonds is 4. The van der Waals surface area contributed by atoms with Crippen molar-refractivity contribution in [1.82, 2.24) is 4.90 Å². The Hall–Kier alpha value is -2.04. The number of carbonyl (C=O) groups is 3. The number of ketones is 2. The predicted molar refractivity (Wildman–Crippen MR) is 70.8 cm³/mol. The van der Waals surface area contributed by atoms with Crippen molar-refractivity contribution in [2.24, 2.45) is 0 Å². The van der Waals surface area contributed by atoms with E-state index in [9.17, 15) is 18.8 Å². The van der Waals surface area contributed by atoms with E-state index in [1.54, 1.807) is 4.90 Å². The number of hydrogen-bond acceptors (Lipinski definition) is 3. The van der Waals surface area contributed by atoms with E-state index >= 15 is 0 Å². The van der Waals surface area contributed by atoms with Crippen molar-refractivity contribution in [2.75, 3.05) is 13.1 Å². The molecular weight excluding hydrogens is 261 g/mol. The molecule has 1 heterocycles. The SMILES string of the molecule is O=C1CCN(C(=O)CCC(=O)c2ccc(F)cc2)CC1. The number of halogens is 1. The van der Waals surface area contributed by atoms with E-state index < -0.39 is 5.82 Å². The maximum absolute atomic E-state index is 12.7. The molecule has 0 atom stereocenters. The van der Waals surface area contributed by atoms with E-state index in [0.29, 0.717) is 31.5 Å². The molecule has 1 amide bonds. The van der Waals surface area contributed by atoms with Crippen molar-refractivity contribution < 1.29 is 18.8 Å². The summed E-state index contributed by atoms with van der Waals surface area (Å²) in [6.45, 7) is 0.894. The van der Waals surface area contributed by atoms with E-state index in [1.165, 1.54) is 24.3 Å². The van der Waals surface area contributed by atoms with Gasteiger partial charge in [-0.2, -0.15) is 0 Å². The van der Waals surface area contributed by atoms with Crippen LogP contribution in [0, 0.1) is 5.82 Å². The number of piperidine rings is 1. The Bertz CT molecular complexity index is 514. The third-order valence-corrected chi connectivity index (χ3v) is 3.41. The minimum atomic E-state index is -0.393. The highest BCUT2D eigenvalue weighted by atomic mass is 19.1. The molecule has 106 valence electrons. The number of benzene rings is 1. The van der Waals surface area contributed by atoms with Gasteiger partial charge in [0, 0.05) is 44.3 Å². The van der Waals surface area contributed by atoms with Crippen molar-refractivity contribution in [3.63, 3.8) is 0 Å². The second kappa shape index (κ2) is 6.41. The van der Waals surface area contributed by atoms with Gasteiger partial charge in [0.15, 0.2) is 5.78 Å². The topological polar surface area (TPSA) is 54.5 Å². The molecule has 0 radical (unpaired) electrons. The molecule has 1 aromatic carbocycles. The molecule has 4 nitrogen and oxygen atoms in total. The van der Waals surface area contributed by atoms with Gasteiger partial charge in [-0.25, -0.2) is 4.39 Å². The second-order valence-corrected chi connectivity index (χ2v) is 4.85. The Labute approximate surface area is 116 Å². The first-order valence-electron chi connectivity index (χ1n) is 6.64. The van der Waals surface area contributed by atoms with E-state index in [1.807, 2.05) is 0 Å². The van der Waals surface area contributed by atoms with Crippen LogP contribution in [0.4, 0.5) is 4.39 Å². The van der Waals surface area contributed by atoms with Gasteiger partial charge in [0.05, 0.1) is 0 Å². The normalized spacial score (nSPS) is 15.2. The minimum absolute atomic E-state index is 0.104. The van der Waals surface area contributed by atoms with Gasteiger partial charge in [-0.15, -0.1) is 0 Å². The van der Waals surface area contributed by atoms with E-state index in [2.05, 4.69) is 0 Å². The molecule has 5 heteroatoms. The Kier molecular flexibility index (Phi) is 4.61. The van der Waals surface area contributed by atoms with E-state index in [4.69, 9.17) is 0 Å². The van der Waals surface area contributed by atoms with Gasteiger partial charge in [0.25, 0.3) is 0 Å². The Balaban J connectivity index is 1.82. The third kappa shape index (κ3) is 3.73.